The van der Waals surface area contributed by atoms with Crippen LogP contribution in [0.4, 0.5) is 4.79 Å². The van der Waals surface area contributed by atoms with Crippen molar-refractivity contribution in [1.29, 1.82) is 0 Å². The van der Waals surface area contributed by atoms with Gasteiger partial charge in [0.05, 0.1) is 29.6 Å². The van der Waals surface area contributed by atoms with Gasteiger partial charge in [-0.3, -0.25) is 10.1 Å². The van der Waals surface area contributed by atoms with Crippen molar-refractivity contribution in [3.63, 3.8) is 0 Å². The lowest BCUT2D eigenvalue weighted by molar-refractivity contribution is -0.929. The highest BCUT2D eigenvalue weighted by molar-refractivity contribution is 7.18. The largest absolute Gasteiger partial charge is 0.467 e. The Morgan fingerprint density at radius 1 is 1.21 bits per heavy atom. The maximum Gasteiger partial charge on any atom is 0.321 e. The second kappa shape index (κ2) is 8.53. The average Bonchev–Trinajstić information content (AvgIpc) is 3.36. The van der Waals surface area contributed by atoms with Crippen LogP contribution in [0.1, 0.15) is 36.1 Å². The van der Waals surface area contributed by atoms with Gasteiger partial charge in [-0.1, -0.05) is 12.1 Å². The number of rotatable bonds is 5. The molecule has 1 aliphatic heterocycles. The van der Waals surface area contributed by atoms with E-state index in [-0.39, 0.29) is 25.0 Å². The first-order chi connectivity index (χ1) is 13.7. The van der Waals surface area contributed by atoms with Crippen molar-refractivity contribution in [2.45, 2.75) is 31.8 Å². The summed E-state index contributed by atoms with van der Waals surface area (Å²) in [5, 5.41) is 6.12. The molecule has 3 heterocycles. The normalized spacial score (nSPS) is 19.4. The molecule has 146 valence electrons. The molecule has 3 aromatic rings. The number of hydrogen-bond acceptors (Lipinski definition) is 5. The topological polar surface area (TPSA) is 88.7 Å². The Labute approximate surface area is 166 Å². The lowest BCUT2D eigenvalue weighted by Gasteiger charge is -2.30. The highest BCUT2D eigenvalue weighted by Gasteiger charge is 2.32. The van der Waals surface area contributed by atoms with E-state index in [2.05, 4.69) is 16.7 Å². The Kier molecular flexibility index (Phi) is 5.68. The summed E-state index contributed by atoms with van der Waals surface area (Å²) >= 11 is 1.70. The zero-order valence-corrected chi connectivity index (χ0v) is 16.3. The van der Waals surface area contributed by atoms with Crippen LogP contribution in [0.15, 0.2) is 47.1 Å². The number of para-hydroxylation sites is 1. The van der Waals surface area contributed by atoms with E-state index in [0.29, 0.717) is 5.76 Å². The molecule has 1 fully saturated rings. The molecule has 28 heavy (non-hydrogen) atoms. The number of piperidine rings is 1. The van der Waals surface area contributed by atoms with Gasteiger partial charge in [0.15, 0.2) is 11.6 Å². The van der Waals surface area contributed by atoms with E-state index >= 15 is 0 Å². The first-order valence-electron chi connectivity index (χ1n) is 9.49. The molecule has 0 saturated carbocycles. The van der Waals surface area contributed by atoms with E-state index in [1.807, 2.05) is 18.2 Å². The second-order valence-corrected chi connectivity index (χ2v) is 8.03. The van der Waals surface area contributed by atoms with Crippen LogP contribution in [0.5, 0.6) is 0 Å². The van der Waals surface area contributed by atoms with Gasteiger partial charge in [0.25, 0.3) is 5.91 Å². The molecule has 7 nitrogen and oxygen atoms in total. The van der Waals surface area contributed by atoms with Crippen molar-refractivity contribution in [3.05, 3.63) is 53.4 Å². The molecule has 4 rings (SSSR count). The third-order valence-electron chi connectivity index (χ3n) is 4.99. The monoisotopic (exact) mass is 399 g/mol. The number of amides is 3. The first-order valence-corrected chi connectivity index (χ1v) is 10.3. The number of nitrogens with one attached hydrogen (secondary N) is 3. The molecule has 3 amide bonds. The molecule has 1 aromatic carbocycles. The number of aromatic nitrogens is 1. The average molecular weight is 399 g/mol. The molecular formula is C20H23N4O3S+. The van der Waals surface area contributed by atoms with Crippen molar-refractivity contribution in [2.75, 3.05) is 13.1 Å². The lowest BCUT2D eigenvalue weighted by atomic mass is 10.0. The predicted molar refractivity (Wildman–Crippen MR) is 106 cm³/mol. The predicted octanol–water partition coefficient (Wildman–Crippen LogP) is 2.03. The molecule has 8 heteroatoms. The van der Waals surface area contributed by atoms with E-state index in [4.69, 9.17) is 9.40 Å². The number of urea groups is 1. The van der Waals surface area contributed by atoms with Gasteiger partial charge in [-0.25, -0.2) is 9.78 Å². The maximum atomic E-state index is 12.4. The summed E-state index contributed by atoms with van der Waals surface area (Å²) in [6.45, 7) is 1.41. The van der Waals surface area contributed by atoms with Crippen LogP contribution in [0.2, 0.25) is 0 Å². The standard InChI is InChI=1S/C20H22N4O3S/c25-18(23-20(26)21-12-14-6-5-11-27-14)13-24-10-4-3-8-16(24)19-22-15-7-1-2-9-17(15)28-19/h1-2,5-7,9,11,16H,3-4,8,10,12-13H2,(H2,21,23,25,26)/p+1/t16-/m0/s1. The summed E-state index contributed by atoms with van der Waals surface area (Å²) < 4.78 is 6.33. The van der Waals surface area contributed by atoms with Gasteiger partial charge >= 0.3 is 6.03 Å². The summed E-state index contributed by atoms with van der Waals surface area (Å²) in [6.07, 6.45) is 4.76. The van der Waals surface area contributed by atoms with Crippen LogP contribution in [0, 0.1) is 0 Å². The second-order valence-electron chi connectivity index (χ2n) is 6.96. The van der Waals surface area contributed by atoms with E-state index in [0.717, 1.165) is 36.3 Å². The number of benzene rings is 1. The molecule has 1 unspecified atom stereocenters. The number of imide groups is 1. The van der Waals surface area contributed by atoms with Crippen molar-refractivity contribution < 1.29 is 18.9 Å². The minimum atomic E-state index is -0.505. The molecule has 1 aliphatic rings. The van der Waals surface area contributed by atoms with Gasteiger partial charge in [-0.15, -0.1) is 11.3 Å². The molecule has 0 radical (unpaired) electrons. The Bertz CT molecular complexity index is 920. The number of thiazole rings is 1. The van der Waals surface area contributed by atoms with Crippen molar-refractivity contribution in [3.8, 4) is 0 Å². The van der Waals surface area contributed by atoms with Gasteiger partial charge in [-0.2, -0.15) is 0 Å². The minimum absolute atomic E-state index is 0.197. The van der Waals surface area contributed by atoms with Gasteiger partial charge in [0.1, 0.15) is 11.8 Å². The number of furan rings is 1. The van der Waals surface area contributed by atoms with Crippen LogP contribution in [0.25, 0.3) is 10.2 Å². The minimum Gasteiger partial charge on any atom is -0.467 e. The van der Waals surface area contributed by atoms with E-state index in [1.165, 1.54) is 9.60 Å². The third kappa shape index (κ3) is 4.40. The van der Waals surface area contributed by atoms with Crippen LogP contribution < -0.4 is 15.5 Å². The van der Waals surface area contributed by atoms with Crippen molar-refractivity contribution in [2.24, 2.45) is 0 Å². The van der Waals surface area contributed by atoms with Gasteiger partial charge in [0, 0.05) is 6.42 Å². The molecule has 2 aromatic heterocycles. The maximum absolute atomic E-state index is 12.4. The molecule has 0 aliphatic carbocycles. The molecule has 2 atom stereocenters. The number of quaternary nitrogens is 1. The van der Waals surface area contributed by atoms with Gasteiger partial charge in [-0.05, 0) is 37.1 Å². The number of likely N-dealkylation sites (tertiary alicyclic amines) is 1. The fourth-order valence-electron chi connectivity index (χ4n) is 3.63. The number of carbonyl (C=O) groups excluding carboxylic acids is 2. The quantitative estimate of drug-likeness (QED) is 0.613. The summed E-state index contributed by atoms with van der Waals surface area (Å²) in [5.74, 6) is 0.361. The Balaban J connectivity index is 1.36. The van der Waals surface area contributed by atoms with E-state index < -0.39 is 6.03 Å². The van der Waals surface area contributed by atoms with Crippen LogP contribution in [0.3, 0.4) is 0 Å². The van der Waals surface area contributed by atoms with Gasteiger partial charge < -0.3 is 14.6 Å². The molecule has 0 bridgehead atoms. The number of carbonyl (C=O) groups is 2. The zero-order valence-electron chi connectivity index (χ0n) is 15.4. The van der Waals surface area contributed by atoms with Crippen molar-refractivity contribution in [1.82, 2.24) is 15.6 Å². The van der Waals surface area contributed by atoms with Crippen LogP contribution >= 0.6 is 11.3 Å². The third-order valence-corrected chi connectivity index (χ3v) is 6.14. The first kappa shape index (κ1) is 18.6. The zero-order chi connectivity index (χ0) is 19.3. The highest BCUT2D eigenvalue weighted by Crippen LogP contribution is 2.28. The molecule has 1 saturated heterocycles. The SMILES string of the molecule is O=C(C[NH+]1CCCC[C@H]1c1nc2ccccc2s1)NC(=O)NCc1ccco1. The number of nitrogens with zero attached hydrogens (tertiary/aromatic N) is 1. The molecule has 0 spiro atoms. The van der Waals surface area contributed by atoms with E-state index in [1.54, 1.807) is 29.7 Å². The van der Waals surface area contributed by atoms with Gasteiger partial charge in [0.2, 0.25) is 0 Å². The Morgan fingerprint density at radius 2 is 2.11 bits per heavy atom. The summed E-state index contributed by atoms with van der Waals surface area (Å²) in [5.41, 5.74) is 1.01. The summed E-state index contributed by atoms with van der Waals surface area (Å²) in [7, 11) is 0. The fourth-order valence-corrected chi connectivity index (χ4v) is 4.79. The lowest BCUT2D eigenvalue weighted by Crippen LogP contribution is -3.14. The fraction of sp³-hybridized carbons (Fsp3) is 0.350. The van der Waals surface area contributed by atoms with Crippen LogP contribution in [-0.4, -0.2) is 30.0 Å². The van der Waals surface area contributed by atoms with Crippen LogP contribution in [-0.2, 0) is 11.3 Å². The highest BCUT2D eigenvalue weighted by atomic mass is 32.1. The van der Waals surface area contributed by atoms with E-state index in [9.17, 15) is 9.59 Å². The number of fused-ring (bicyclic) bond motifs is 1. The summed E-state index contributed by atoms with van der Waals surface area (Å²) in [4.78, 5) is 30.3. The smallest absolute Gasteiger partial charge is 0.321 e. The molecule has 3 N–H and O–H groups in total. The number of hydrogen-bond donors (Lipinski definition) is 3. The summed E-state index contributed by atoms with van der Waals surface area (Å²) in [6, 6.07) is 11.3. The van der Waals surface area contributed by atoms with Crippen molar-refractivity contribution >= 4 is 33.5 Å². The Hall–Kier alpha value is -2.71. The Morgan fingerprint density at radius 3 is 2.93 bits per heavy atom. The molecular weight excluding hydrogens is 376 g/mol.